The highest BCUT2D eigenvalue weighted by atomic mass is 19.1. The second-order valence-corrected chi connectivity index (χ2v) is 8.98. The van der Waals surface area contributed by atoms with Gasteiger partial charge in [-0.3, -0.25) is 0 Å². The molecule has 0 spiro atoms. The Hall–Kier alpha value is -3.37. The molecule has 0 bridgehead atoms. The molecule has 4 N–H and O–H groups in total. The lowest BCUT2D eigenvalue weighted by atomic mass is 9.76. The number of benzene rings is 2. The van der Waals surface area contributed by atoms with E-state index < -0.39 is 36.2 Å². The zero-order chi connectivity index (χ0) is 25.1. The number of carboxylic acids is 1. The zero-order valence-corrected chi connectivity index (χ0v) is 19.6. The van der Waals surface area contributed by atoms with Crippen LogP contribution in [0, 0.1) is 5.82 Å². The van der Waals surface area contributed by atoms with Crippen LogP contribution in [0.4, 0.5) is 14.9 Å². The molecule has 0 radical (unpaired) electrons. The fourth-order valence-electron chi connectivity index (χ4n) is 3.28. The van der Waals surface area contributed by atoms with Crippen LogP contribution in [0.15, 0.2) is 47.9 Å². The number of nitrogens with two attached hydrogens (primary N) is 1. The third-order valence-corrected chi connectivity index (χ3v) is 5.95. The number of alkyl carbamates (subject to hydrolysis) is 1. The van der Waals surface area contributed by atoms with E-state index in [9.17, 15) is 19.1 Å². The SMILES string of the molecule is CC1(C)OB(C(=Cc2cc(F)cc(C(=O)O)c2N)CNC(=O)OCc2ccccc2)OC1(C)C. The van der Waals surface area contributed by atoms with Crippen molar-refractivity contribution in [3.8, 4) is 0 Å². The van der Waals surface area contributed by atoms with Gasteiger partial charge < -0.3 is 30.2 Å². The van der Waals surface area contributed by atoms with E-state index in [1.165, 1.54) is 6.08 Å². The van der Waals surface area contributed by atoms with Crippen molar-refractivity contribution in [1.82, 2.24) is 5.32 Å². The van der Waals surface area contributed by atoms with Gasteiger partial charge in [0.2, 0.25) is 0 Å². The molecule has 10 heteroatoms. The molecule has 2 aromatic carbocycles. The van der Waals surface area contributed by atoms with Gasteiger partial charge in [-0.15, -0.1) is 0 Å². The predicted octanol–water partition coefficient (Wildman–Crippen LogP) is 4.05. The molecule has 1 fully saturated rings. The average Bonchev–Trinajstić information content (AvgIpc) is 2.99. The van der Waals surface area contributed by atoms with E-state index in [2.05, 4.69) is 5.32 Å². The maximum Gasteiger partial charge on any atom is 0.492 e. The van der Waals surface area contributed by atoms with Gasteiger partial charge in [0, 0.05) is 12.1 Å². The number of ether oxygens (including phenoxy) is 1. The molecular weight excluding hydrogens is 442 g/mol. The van der Waals surface area contributed by atoms with Gasteiger partial charge >= 0.3 is 19.2 Å². The number of hydrogen-bond acceptors (Lipinski definition) is 6. The number of halogens is 1. The molecule has 3 rings (SSSR count). The van der Waals surface area contributed by atoms with Crippen LogP contribution in [0.5, 0.6) is 0 Å². The molecule has 1 aliphatic heterocycles. The summed E-state index contributed by atoms with van der Waals surface area (Å²) in [5, 5.41) is 12.0. The Balaban J connectivity index is 1.85. The third kappa shape index (κ3) is 5.76. The Morgan fingerprint density at radius 1 is 1.15 bits per heavy atom. The number of aromatic carboxylic acids is 1. The van der Waals surface area contributed by atoms with Crippen molar-refractivity contribution in [1.29, 1.82) is 0 Å². The number of carbonyl (C=O) groups excluding carboxylic acids is 1. The first-order chi connectivity index (χ1) is 15.9. The summed E-state index contributed by atoms with van der Waals surface area (Å²) >= 11 is 0. The summed E-state index contributed by atoms with van der Waals surface area (Å²) < 4.78 is 31.5. The van der Waals surface area contributed by atoms with Gasteiger partial charge in [0.05, 0.1) is 22.5 Å². The largest absolute Gasteiger partial charge is 0.492 e. The van der Waals surface area contributed by atoms with Crippen LogP contribution in [0.2, 0.25) is 0 Å². The lowest BCUT2D eigenvalue weighted by Gasteiger charge is -2.32. The van der Waals surface area contributed by atoms with E-state index in [0.717, 1.165) is 17.7 Å². The van der Waals surface area contributed by atoms with Gasteiger partial charge in [0.25, 0.3) is 0 Å². The molecule has 1 aliphatic rings. The number of carbonyl (C=O) groups is 2. The van der Waals surface area contributed by atoms with Crippen LogP contribution < -0.4 is 11.1 Å². The maximum absolute atomic E-state index is 14.1. The Kier molecular flexibility index (Phi) is 7.33. The number of amides is 1. The minimum absolute atomic E-state index is 0.0667. The highest BCUT2D eigenvalue weighted by Gasteiger charge is 2.52. The lowest BCUT2D eigenvalue weighted by Crippen LogP contribution is -2.41. The maximum atomic E-state index is 14.1. The summed E-state index contributed by atoms with van der Waals surface area (Å²) in [4.78, 5) is 23.8. The number of nitrogen functional groups attached to an aromatic ring is 1. The average molecular weight is 470 g/mol. The molecule has 0 aromatic heterocycles. The molecule has 1 saturated heterocycles. The predicted molar refractivity (Wildman–Crippen MR) is 126 cm³/mol. The van der Waals surface area contributed by atoms with Crippen molar-refractivity contribution in [2.45, 2.75) is 45.5 Å². The van der Waals surface area contributed by atoms with E-state index in [1.807, 2.05) is 58.0 Å². The van der Waals surface area contributed by atoms with Gasteiger partial charge in [-0.05, 0) is 50.9 Å². The van der Waals surface area contributed by atoms with Gasteiger partial charge in [0.1, 0.15) is 12.4 Å². The van der Waals surface area contributed by atoms with E-state index in [0.29, 0.717) is 5.47 Å². The van der Waals surface area contributed by atoms with Gasteiger partial charge in [0.15, 0.2) is 0 Å². The van der Waals surface area contributed by atoms with Crippen molar-refractivity contribution in [2.24, 2.45) is 0 Å². The lowest BCUT2D eigenvalue weighted by molar-refractivity contribution is 0.00578. The summed E-state index contributed by atoms with van der Waals surface area (Å²) in [6, 6.07) is 11.2. The first kappa shape index (κ1) is 25.3. The van der Waals surface area contributed by atoms with Gasteiger partial charge in [-0.25, -0.2) is 14.0 Å². The third-order valence-electron chi connectivity index (χ3n) is 5.95. The molecule has 0 atom stereocenters. The molecule has 0 aliphatic carbocycles. The Labute approximate surface area is 198 Å². The number of carboxylic acid groups (broad SMARTS) is 1. The summed E-state index contributed by atoms with van der Waals surface area (Å²) in [5.41, 5.74) is 5.51. The minimum atomic E-state index is -1.36. The van der Waals surface area contributed by atoms with Crippen molar-refractivity contribution in [3.05, 3.63) is 70.4 Å². The highest BCUT2D eigenvalue weighted by molar-refractivity contribution is 6.56. The molecule has 180 valence electrons. The van der Waals surface area contributed by atoms with Crippen molar-refractivity contribution >= 4 is 30.9 Å². The topological polar surface area (TPSA) is 120 Å². The summed E-state index contributed by atoms with van der Waals surface area (Å²) in [5.74, 6) is -2.12. The van der Waals surface area contributed by atoms with E-state index in [1.54, 1.807) is 0 Å². The smallest absolute Gasteiger partial charge is 0.478 e. The van der Waals surface area contributed by atoms with Crippen molar-refractivity contribution in [3.63, 3.8) is 0 Å². The Morgan fingerprint density at radius 2 is 1.76 bits per heavy atom. The molecule has 34 heavy (non-hydrogen) atoms. The van der Waals surface area contributed by atoms with Crippen LogP contribution in [-0.2, 0) is 20.7 Å². The van der Waals surface area contributed by atoms with Gasteiger partial charge in [-0.1, -0.05) is 36.4 Å². The Bertz CT molecular complexity index is 1090. The number of nitrogens with one attached hydrogen (secondary N) is 1. The molecule has 0 unspecified atom stereocenters. The molecule has 1 amide bonds. The summed E-state index contributed by atoms with van der Waals surface area (Å²) in [6.45, 7) is 7.48. The first-order valence-corrected chi connectivity index (χ1v) is 10.7. The normalized spacial score (nSPS) is 16.9. The molecular formula is C24H28BFN2O6. The van der Waals surface area contributed by atoms with E-state index in [4.69, 9.17) is 19.8 Å². The number of rotatable bonds is 7. The Morgan fingerprint density at radius 3 is 2.35 bits per heavy atom. The molecule has 2 aromatic rings. The zero-order valence-electron chi connectivity index (χ0n) is 19.6. The van der Waals surface area contributed by atoms with E-state index >= 15 is 0 Å². The number of hydrogen-bond donors (Lipinski definition) is 3. The van der Waals surface area contributed by atoms with Crippen LogP contribution in [0.1, 0.15) is 49.2 Å². The second-order valence-electron chi connectivity index (χ2n) is 8.98. The fourth-order valence-corrected chi connectivity index (χ4v) is 3.28. The fraction of sp³-hybridized carbons (Fsp3) is 0.333. The van der Waals surface area contributed by atoms with Crippen molar-refractivity contribution < 1.29 is 33.1 Å². The number of anilines is 1. The van der Waals surface area contributed by atoms with Crippen LogP contribution in [0.25, 0.3) is 6.08 Å². The first-order valence-electron chi connectivity index (χ1n) is 10.7. The summed E-state index contributed by atoms with van der Waals surface area (Å²) in [7, 11) is -0.893. The minimum Gasteiger partial charge on any atom is -0.478 e. The highest BCUT2D eigenvalue weighted by Crippen LogP contribution is 2.39. The summed E-state index contributed by atoms with van der Waals surface area (Å²) in [6.07, 6.45) is 0.787. The quantitative estimate of drug-likeness (QED) is 0.413. The van der Waals surface area contributed by atoms with E-state index in [-0.39, 0.29) is 30.0 Å². The standard InChI is InChI=1S/C24H28BFN2O6/c1-23(2)24(3,4)34-25(33-23)17(10-16-11-18(26)12-19(20(16)27)21(29)30)13-28-22(31)32-14-15-8-6-5-7-9-15/h5-12H,13-14,27H2,1-4H3,(H,28,31)(H,29,30). The van der Waals surface area contributed by atoms with Crippen LogP contribution in [-0.4, -0.2) is 42.0 Å². The monoisotopic (exact) mass is 470 g/mol. The molecule has 0 saturated carbocycles. The second kappa shape index (κ2) is 9.86. The van der Waals surface area contributed by atoms with Gasteiger partial charge in [-0.2, -0.15) is 0 Å². The van der Waals surface area contributed by atoms with Crippen LogP contribution in [0.3, 0.4) is 0 Å². The van der Waals surface area contributed by atoms with Crippen molar-refractivity contribution in [2.75, 3.05) is 12.3 Å². The molecule has 8 nitrogen and oxygen atoms in total. The van der Waals surface area contributed by atoms with Crippen LogP contribution >= 0.6 is 0 Å². The molecule has 1 heterocycles.